The zero-order valence-electron chi connectivity index (χ0n) is 9.17. The molecule has 0 atom stereocenters. The van der Waals surface area contributed by atoms with Gasteiger partial charge >= 0.3 is 0 Å². The molecule has 3 heteroatoms. The molecule has 0 bridgehead atoms. The Kier molecular flexibility index (Phi) is 3.21. The monoisotopic (exact) mass is 218 g/mol. The second kappa shape index (κ2) is 4.63. The fraction of sp³-hybridized carbons (Fsp3) is 0.462. The third-order valence-corrected chi connectivity index (χ3v) is 3.18. The first-order valence-corrected chi connectivity index (χ1v) is 5.57. The molecule has 0 unspecified atom stereocenters. The van der Waals surface area contributed by atoms with E-state index >= 15 is 0 Å². The second-order valence-electron chi connectivity index (χ2n) is 4.53. The zero-order valence-corrected chi connectivity index (χ0v) is 9.17. The van der Waals surface area contributed by atoms with Crippen LogP contribution in [0.3, 0.4) is 0 Å². The molecule has 0 heterocycles. The molecule has 0 aromatic heterocycles. The molecule has 1 aromatic rings. The molecule has 1 saturated carbocycles. The van der Waals surface area contributed by atoms with E-state index in [0.717, 1.165) is 19.4 Å². The van der Waals surface area contributed by atoms with Crippen LogP contribution in [-0.2, 0) is 6.54 Å². The average Bonchev–Trinajstić information content (AvgIpc) is 3.02. The summed E-state index contributed by atoms with van der Waals surface area (Å²) in [5, 5.41) is 11.9. The minimum Gasteiger partial charge on any atom is -0.312 e. The lowest BCUT2D eigenvalue weighted by Crippen LogP contribution is -2.23. The van der Waals surface area contributed by atoms with Crippen LogP contribution in [0.4, 0.5) is 4.39 Å². The Morgan fingerprint density at radius 3 is 2.75 bits per heavy atom. The van der Waals surface area contributed by atoms with Crippen molar-refractivity contribution in [1.82, 2.24) is 5.32 Å². The van der Waals surface area contributed by atoms with Crippen molar-refractivity contribution in [1.29, 1.82) is 5.26 Å². The molecule has 1 N–H and O–H groups in total. The highest BCUT2D eigenvalue weighted by Crippen LogP contribution is 2.47. The summed E-state index contributed by atoms with van der Waals surface area (Å²) < 4.78 is 13.3. The van der Waals surface area contributed by atoms with Gasteiger partial charge in [0.25, 0.3) is 0 Å². The molecule has 0 aliphatic heterocycles. The molecule has 1 fully saturated rings. The fourth-order valence-electron chi connectivity index (χ4n) is 1.86. The van der Waals surface area contributed by atoms with Crippen molar-refractivity contribution in [2.24, 2.45) is 5.41 Å². The standard InChI is InChI=1S/C13H15FN2/c14-12-4-2-1-3-11(12)9-16-10-13(5-6-13)7-8-15/h1-4,16H,5-7,9-10H2. The Labute approximate surface area is 95.1 Å². The van der Waals surface area contributed by atoms with Crippen molar-refractivity contribution in [2.45, 2.75) is 25.8 Å². The number of rotatable bonds is 5. The van der Waals surface area contributed by atoms with E-state index in [4.69, 9.17) is 5.26 Å². The normalized spacial score (nSPS) is 16.8. The van der Waals surface area contributed by atoms with Gasteiger partial charge in [-0.3, -0.25) is 0 Å². The van der Waals surface area contributed by atoms with Gasteiger partial charge in [0.05, 0.1) is 6.07 Å². The van der Waals surface area contributed by atoms with Gasteiger partial charge < -0.3 is 5.32 Å². The molecule has 1 aromatic carbocycles. The summed E-state index contributed by atoms with van der Waals surface area (Å²) in [5.74, 6) is -0.167. The maximum absolute atomic E-state index is 13.3. The van der Waals surface area contributed by atoms with Gasteiger partial charge in [0.1, 0.15) is 5.82 Å². The zero-order chi connectivity index (χ0) is 11.4. The summed E-state index contributed by atoms with van der Waals surface area (Å²) >= 11 is 0. The molecule has 2 rings (SSSR count). The molecular formula is C13H15FN2. The summed E-state index contributed by atoms with van der Waals surface area (Å²) in [6, 6.07) is 9.00. The molecule has 1 aliphatic carbocycles. The lowest BCUT2D eigenvalue weighted by atomic mass is 10.0. The van der Waals surface area contributed by atoms with Crippen molar-refractivity contribution in [3.8, 4) is 6.07 Å². The maximum Gasteiger partial charge on any atom is 0.127 e. The van der Waals surface area contributed by atoms with Crippen molar-refractivity contribution >= 4 is 0 Å². The van der Waals surface area contributed by atoms with Crippen LogP contribution in [0.2, 0.25) is 0 Å². The van der Waals surface area contributed by atoms with Gasteiger partial charge in [-0.15, -0.1) is 0 Å². The summed E-state index contributed by atoms with van der Waals surface area (Å²) in [5.41, 5.74) is 0.871. The summed E-state index contributed by atoms with van der Waals surface area (Å²) in [6.45, 7) is 1.36. The molecule has 84 valence electrons. The quantitative estimate of drug-likeness (QED) is 0.824. The number of nitrogens with zero attached hydrogens (tertiary/aromatic N) is 1. The molecule has 0 spiro atoms. The number of hydrogen-bond acceptors (Lipinski definition) is 2. The Morgan fingerprint density at radius 1 is 1.38 bits per heavy atom. The molecule has 0 amide bonds. The van der Waals surface area contributed by atoms with Crippen molar-refractivity contribution in [3.63, 3.8) is 0 Å². The van der Waals surface area contributed by atoms with Crippen molar-refractivity contribution < 1.29 is 4.39 Å². The fourth-order valence-corrected chi connectivity index (χ4v) is 1.86. The van der Waals surface area contributed by atoms with Gasteiger partial charge in [0.2, 0.25) is 0 Å². The van der Waals surface area contributed by atoms with E-state index in [1.807, 2.05) is 6.07 Å². The Hall–Kier alpha value is -1.40. The van der Waals surface area contributed by atoms with Gasteiger partial charge in [0.15, 0.2) is 0 Å². The number of nitrogens with one attached hydrogen (secondary N) is 1. The highest BCUT2D eigenvalue weighted by atomic mass is 19.1. The van der Waals surface area contributed by atoms with E-state index in [1.54, 1.807) is 12.1 Å². The first-order valence-electron chi connectivity index (χ1n) is 5.57. The highest BCUT2D eigenvalue weighted by molar-refractivity contribution is 5.17. The highest BCUT2D eigenvalue weighted by Gasteiger charge is 2.41. The molecule has 1 aliphatic rings. The van der Waals surface area contributed by atoms with Gasteiger partial charge in [-0.25, -0.2) is 4.39 Å². The van der Waals surface area contributed by atoms with E-state index in [1.165, 1.54) is 6.07 Å². The minimum atomic E-state index is -0.167. The number of nitriles is 1. The van der Waals surface area contributed by atoms with Crippen LogP contribution in [0.25, 0.3) is 0 Å². The van der Waals surface area contributed by atoms with Crippen LogP contribution in [0, 0.1) is 22.6 Å². The van der Waals surface area contributed by atoms with Crippen LogP contribution in [0.5, 0.6) is 0 Å². The number of hydrogen-bond donors (Lipinski definition) is 1. The SMILES string of the molecule is N#CCC1(CNCc2ccccc2F)CC1. The number of halogens is 1. The van der Waals surface area contributed by atoms with E-state index in [0.29, 0.717) is 18.5 Å². The van der Waals surface area contributed by atoms with Crippen LogP contribution in [0.15, 0.2) is 24.3 Å². The van der Waals surface area contributed by atoms with Gasteiger partial charge in [-0.2, -0.15) is 5.26 Å². The first-order chi connectivity index (χ1) is 7.76. The lowest BCUT2D eigenvalue weighted by molar-refractivity contribution is 0.461. The Morgan fingerprint density at radius 2 is 2.12 bits per heavy atom. The topological polar surface area (TPSA) is 35.8 Å². The first kappa shape index (κ1) is 11.1. The third-order valence-electron chi connectivity index (χ3n) is 3.18. The van der Waals surface area contributed by atoms with Crippen LogP contribution in [-0.4, -0.2) is 6.54 Å². The molecule has 0 saturated heterocycles. The predicted octanol–water partition coefficient (Wildman–Crippen LogP) is 2.61. The smallest absolute Gasteiger partial charge is 0.127 e. The van der Waals surface area contributed by atoms with Gasteiger partial charge in [0, 0.05) is 25.1 Å². The summed E-state index contributed by atoms with van der Waals surface area (Å²) in [6.07, 6.45) is 2.84. The lowest BCUT2D eigenvalue weighted by Gasteiger charge is -2.12. The largest absolute Gasteiger partial charge is 0.312 e. The summed E-state index contributed by atoms with van der Waals surface area (Å²) in [7, 11) is 0. The Bertz CT molecular complexity index is 405. The summed E-state index contributed by atoms with van der Waals surface area (Å²) in [4.78, 5) is 0. The third kappa shape index (κ3) is 2.59. The number of benzene rings is 1. The molecule has 2 nitrogen and oxygen atoms in total. The molecule has 0 radical (unpaired) electrons. The van der Waals surface area contributed by atoms with Crippen molar-refractivity contribution in [2.75, 3.05) is 6.54 Å². The maximum atomic E-state index is 13.3. The van der Waals surface area contributed by atoms with E-state index in [9.17, 15) is 4.39 Å². The molecular weight excluding hydrogens is 203 g/mol. The second-order valence-corrected chi connectivity index (χ2v) is 4.53. The van der Waals surface area contributed by atoms with E-state index in [-0.39, 0.29) is 11.2 Å². The molecule has 16 heavy (non-hydrogen) atoms. The predicted molar refractivity (Wildman–Crippen MR) is 60.0 cm³/mol. The Balaban J connectivity index is 1.81. The van der Waals surface area contributed by atoms with Crippen LogP contribution < -0.4 is 5.32 Å². The minimum absolute atomic E-state index is 0.167. The van der Waals surface area contributed by atoms with E-state index < -0.39 is 0 Å². The average molecular weight is 218 g/mol. The van der Waals surface area contributed by atoms with Gasteiger partial charge in [-0.05, 0) is 24.3 Å². The van der Waals surface area contributed by atoms with Crippen molar-refractivity contribution in [3.05, 3.63) is 35.6 Å². The van der Waals surface area contributed by atoms with Crippen LogP contribution in [0.1, 0.15) is 24.8 Å². The van der Waals surface area contributed by atoms with Gasteiger partial charge in [-0.1, -0.05) is 18.2 Å². The van der Waals surface area contributed by atoms with E-state index in [2.05, 4.69) is 11.4 Å². The van der Waals surface area contributed by atoms with Crippen LogP contribution >= 0.6 is 0 Å².